The zero-order valence-electron chi connectivity index (χ0n) is 11.9. The Labute approximate surface area is 123 Å². The van der Waals surface area contributed by atoms with E-state index in [-0.39, 0.29) is 16.9 Å². The van der Waals surface area contributed by atoms with Gasteiger partial charge >= 0.3 is 0 Å². The monoisotopic (exact) mass is 284 g/mol. The van der Waals surface area contributed by atoms with Crippen molar-refractivity contribution in [1.82, 2.24) is 0 Å². The number of nitrogens with one attached hydrogen (secondary N) is 1. The SMILES string of the molecule is C[NH+]1CC[C@]23c4c5ccc(O)c4O[C@H]2C(=O)C=C[C@H]3[C@H]1C5. The van der Waals surface area contributed by atoms with Crippen molar-refractivity contribution in [3.8, 4) is 11.5 Å². The van der Waals surface area contributed by atoms with Crippen LogP contribution in [0.25, 0.3) is 0 Å². The molecule has 2 bridgehead atoms. The van der Waals surface area contributed by atoms with Gasteiger partial charge in [-0.15, -0.1) is 0 Å². The smallest absolute Gasteiger partial charge is 0.196 e. The molecular weight excluding hydrogens is 266 g/mol. The van der Waals surface area contributed by atoms with Crippen LogP contribution >= 0.6 is 0 Å². The summed E-state index contributed by atoms with van der Waals surface area (Å²) in [5.41, 5.74) is 2.14. The number of ether oxygens (including phenoxy) is 1. The molecule has 2 heterocycles. The first-order chi connectivity index (χ1) is 10.1. The van der Waals surface area contributed by atoms with E-state index in [4.69, 9.17) is 4.74 Å². The maximum atomic E-state index is 12.4. The summed E-state index contributed by atoms with van der Waals surface area (Å²) >= 11 is 0. The van der Waals surface area contributed by atoms with E-state index in [1.807, 2.05) is 6.07 Å². The molecule has 0 aromatic heterocycles. The van der Waals surface area contributed by atoms with Crippen LogP contribution in [0.3, 0.4) is 0 Å². The van der Waals surface area contributed by atoms with E-state index >= 15 is 0 Å². The van der Waals surface area contributed by atoms with Crippen molar-refractivity contribution >= 4 is 5.78 Å². The Bertz CT molecular complexity index is 710. The Morgan fingerprint density at radius 1 is 1.43 bits per heavy atom. The summed E-state index contributed by atoms with van der Waals surface area (Å²) in [7, 11) is 2.25. The number of phenolic OH excluding ortho intramolecular Hbond substituents is 1. The molecule has 0 radical (unpaired) electrons. The van der Waals surface area contributed by atoms with Crippen LogP contribution in [0.4, 0.5) is 0 Å². The molecule has 1 unspecified atom stereocenters. The minimum absolute atomic E-state index is 0.0491. The molecule has 5 rings (SSSR count). The van der Waals surface area contributed by atoms with Gasteiger partial charge in [-0.1, -0.05) is 12.1 Å². The van der Waals surface area contributed by atoms with Gasteiger partial charge in [0.15, 0.2) is 23.4 Å². The minimum atomic E-state index is -0.439. The molecule has 0 saturated carbocycles. The third-order valence-corrected chi connectivity index (χ3v) is 6.15. The van der Waals surface area contributed by atoms with Crippen molar-refractivity contribution in [2.24, 2.45) is 5.92 Å². The van der Waals surface area contributed by atoms with E-state index in [9.17, 15) is 9.90 Å². The van der Waals surface area contributed by atoms with Gasteiger partial charge in [-0.3, -0.25) is 4.79 Å². The lowest BCUT2D eigenvalue weighted by atomic mass is 9.53. The highest BCUT2D eigenvalue weighted by atomic mass is 16.5. The molecule has 0 amide bonds. The lowest BCUT2D eigenvalue weighted by Crippen LogP contribution is -3.16. The Morgan fingerprint density at radius 2 is 2.29 bits per heavy atom. The van der Waals surface area contributed by atoms with E-state index < -0.39 is 6.10 Å². The number of benzene rings is 1. The number of phenols is 1. The van der Waals surface area contributed by atoms with Crippen LogP contribution in [0.5, 0.6) is 11.5 Å². The van der Waals surface area contributed by atoms with Gasteiger partial charge in [-0.25, -0.2) is 0 Å². The predicted octanol–water partition coefficient (Wildman–Crippen LogP) is -0.0108. The maximum Gasteiger partial charge on any atom is 0.196 e. The Morgan fingerprint density at radius 3 is 3.14 bits per heavy atom. The van der Waals surface area contributed by atoms with E-state index in [1.165, 1.54) is 10.5 Å². The van der Waals surface area contributed by atoms with Crippen LogP contribution < -0.4 is 9.64 Å². The van der Waals surface area contributed by atoms with Crippen LogP contribution in [-0.4, -0.2) is 36.6 Å². The fourth-order valence-electron chi connectivity index (χ4n) is 5.23. The molecule has 108 valence electrons. The second-order valence-corrected chi connectivity index (χ2v) is 6.93. The number of likely N-dealkylation sites (tertiary alicyclic amines) is 1. The summed E-state index contributed by atoms with van der Waals surface area (Å²) in [5, 5.41) is 10.2. The Hall–Kier alpha value is -1.81. The fourth-order valence-corrected chi connectivity index (χ4v) is 5.23. The van der Waals surface area contributed by atoms with Crippen molar-refractivity contribution < 1.29 is 19.5 Å². The third-order valence-electron chi connectivity index (χ3n) is 6.15. The number of carbonyl (C=O) groups is 1. The van der Waals surface area contributed by atoms with Crippen molar-refractivity contribution in [2.75, 3.05) is 13.6 Å². The van der Waals surface area contributed by atoms with Crippen LogP contribution in [0.1, 0.15) is 17.5 Å². The highest BCUT2D eigenvalue weighted by molar-refractivity contribution is 5.98. The summed E-state index contributed by atoms with van der Waals surface area (Å²) in [5.74, 6) is 1.13. The summed E-state index contributed by atoms with van der Waals surface area (Å²) in [6.45, 7) is 1.05. The molecule has 1 aromatic rings. The molecular formula is C17H18NO3+. The number of quaternary nitrogens is 1. The average molecular weight is 284 g/mol. The molecule has 2 N–H and O–H groups in total. The van der Waals surface area contributed by atoms with Crippen molar-refractivity contribution in [3.63, 3.8) is 0 Å². The highest BCUT2D eigenvalue weighted by Gasteiger charge is 2.66. The Kier molecular flexibility index (Phi) is 1.97. The topological polar surface area (TPSA) is 51.0 Å². The van der Waals surface area contributed by atoms with Crippen molar-refractivity contribution in [1.29, 1.82) is 0 Å². The number of likely N-dealkylation sites (N-methyl/N-ethyl adjacent to an activating group) is 1. The molecule has 4 heteroatoms. The summed E-state index contributed by atoms with van der Waals surface area (Å²) in [4.78, 5) is 14.0. The molecule has 4 aliphatic rings. The lowest BCUT2D eigenvalue weighted by Gasteiger charge is -2.52. The first-order valence-electron chi connectivity index (χ1n) is 7.69. The highest BCUT2D eigenvalue weighted by Crippen LogP contribution is 2.59. The number of rotatable bonds is 0. The van der Waals surface area contributed by atoms with Gasteiger partial charge in [0.25, 0.3) is 0 Å². The van der Waals surface area contributed by atoms with Crippen molar-refractivity contribution in [3.05, 3.63) is 35.4 Å². The molecule has 2 aliphatic heterocycles. The summed E-state index contributed by atoms with van der Waals surface area (Å²) in [6.07, 6.45) is 5.31. The maximum absolute atomic E-state index is 12.4. The first-order valence-corrected chi connectivity index (χ1v) is 7.69. The van der Waals surface area contributed by atoms with Crippen LogP contribution in [-0.2, 0) is 16.6 Å². The zero-order chi connectivity index (χ0) is 14.4. The number of hydrogen-bond acceptors (Lipinski definition) is 3. The third kappa shape index (κ3) is 1.16. The molecule has 5 atom stereocenters. The first kappa shape index (κ1) is 11.8. The summed E-state index contributed by atoms with van der Waals surface area (Å²) in [6, 6.07) is 4.23. The van der Waals surface area contributed by atoms with Crippen LogP contribution in [0.2, 0.25) is 0 Å². The molecule has 4 nitrogen and oxygen atoms in total. The van der Waals surface area contributed by atoms with Gasteiger partial charge in [-0.2, -0.15) is 0 Å². The molecule has 1 aromatic carbocycles. The number of carbonyl (C=O) groups excluding carboxylic acids is 1. The van der Waals surface area contributed by atoms with Crippen LogP contribution in [0, 0.1) is 5.92 Å². The molecule has 21 heavy (non-hydrogen) atoms. The standard InChI is InChI=1S/C17H17NO3/c1-18-7-6-17-10-3-5-13(20)16(17)21-15-12(19)4-2-9(14(15)17)8-11(10)18/h2-5,10-11,16,19H,6-8H2,1H3/p+1/t10-,11+,16-,17-/m0/s1. The predicted molar refractivity (Wildman–Crippen MR) is 75.7 cm³/mol. The number of piperidine rings is 1. The van der Waals surface area contributed by atoms with Gasteiger partial charge < -0.3 is 14.7 Å². The lowest BCUT2D eigenvalue weighted by molar-refractivity contribution is -0.917. The largest absolute Gasteiger partial charge is 0.504 e. The van der Waals surface area contributed by atoms with E-state index in [0.29, 0.717) is 17.7 Å². The minimum Gasteiger partial charge on any atom is -0.504 e. The number of ketones is 1. The van der Waals surface area contributed by atoms with Gasteiger partial charge in [0.2, 0.25) is 0 Å². The average Bonchev–Trinajstić information content (AvgIpc) is 2.83. The zero-order valence-corrected chi connectivity index (χ0v) is 11.9. The fraction of sp³-hybridized carbons (Fsp3) is 0.471. The second-order valence-electron chi connectivity index (χ2n) is 6.93. The normalized spacial score (nSPS) is 41.7. The summed E-state index contributed by atoms with van der Waals surface area (Å²) < 4.78 is 6.00. The second kappa shape index (κ2) is 3.50. The van der Waals surface area contributed by atoms with Gasteiger partial charge in [-0.05, 0) is 17.7 Å². The Balaban J connectivity index is 1.87. The molecule has 1 fully saturated rings. The van der Waals surface area contributed by atoms with E-state index in [1.54, 1.807) is 12.1 Å². The van der Waals surface area contributed by atoms with Gasteiger partial charge in [0, 0.05) is 24.3 Å². The molecule has 1 spiro atoms. The quantitative estimate of drug-likeness (QED) is 0.704. The number of aromatic hydroxyl groups is 1. The molecule has 1 saturated heterocycles. The van der Waals surface area contributed by atoms with Gasteiger partial charge in [0.1, 0.15) is 0 Å². The van der Waals surface area contributed by atoms with Gasteiger partial charge in [0.05, 0.1) is 25.0 Å². The van der Waals surface area contributed by atoms with Crippen molar-refractivity contribution in [2.45, 2.75) is 30.4 Å². The number of hydrogen-bond donors (Lipinski definition) is 2. The van der Waals surface area contributed by atoms with Crippen LogP contribution in [0.15, 0.2) is 24.3 Å². The van der Waals surface area contributed by atoms with E-state index in [0.717, 1.165) is 24.9 Å². The molecule has 2 aliphatic carbocycles. The van der Waals surface area contributed by atoms with E-state index in [2.05, 4.69) is 13.1 Å².